The van der Waals surface area contributed by atoms with Gasteiger partial charge in [-0.3, -0.25) is 0 Å². The minimum atomic E-state index is 0.255. The van der Waals surface area contributed by atoms with E-state index in [2.05, 4.69) is 30.3 Å². The second-order valence-electron chi connectivity index (χ2n) is 4.50. The Balaban J connectivity index is 2.30. The van der Waals surface area contributed by atoms with Crippen LogP contribution >= 0.6 is 0 Å². The molecule has 1 aromatic rings. The lowest BCUT2D eigenvalue weighted by Crippen LogP contribution is -2.19. The molecular formula is C13H20N2. The Morgan fingerprint density at radius 2 is 2.53 bits per heavy atom. The monoisotopic (exact) mass is 204 g/mol. The van der Waals surface area contributed by atoms with E-state index in [1.165, 1.54) is 24.1 Å². The molecule has 2 rings (SSSR count). The molecule has 2 unspecified atom stereocenters. The summed E-state index contributed by atoms with van der Waals surface area (Å²) in [7, 11) is 0. The lowest BCUT2D eigenvalue weighted by atomic mass is 9.93. The van der Waals surface area contributed by atoms with Gasteiger partial charge >= 0.3 is 0 Å². The minimum absolute atomic E-state index is 0.255. The van der Waals surface area contributed by atoms with Crippen molar-refractivity contribution >= 4 is 0 Å². The van der Waals surface area contributed by atoms with Gasteiger partial charge in [-0.05, 0) is 44.2 Å². The predicted octanol–water partition coefficient (Wildman–Crippen LogP) is 2.96. The van der Waals surface area contributed by atoms with Crippen LogP contribution in [0.15, 0.2) is 24.9 Å². The van der Waals surface area contributed by atoms with E-state index in [4.69, 9.17) is 5.73 Å². The van der Waals surface area contributed by atoms with Crippen LogP contribution in [0.4, 0.5) is 0 Å². The van der Waals surface area contributed by atoms with Crippen molar-refractivity contribution in [2.24, 2.45) is 5.73 Å². The van der Waals surface area contributed by atoms with Gasteiger partial charge < -0.3 is 10.3 Å². The van der Waals surface area contributed by atoms with Crippen molar-refractivity contribution < 1.29 is 0 Å². The van der Waals surface area contributed by atoms with Gasteiger partial charge in [-0.1, -0.05) is 6.08 Å². The van der Waals surface area contributed by atoms with Gasteiger partial charge in [0.15, 0.2) is 0 Å². The fraction of sp³-hybridized carbons (Fsp3) is 0.538. The zero-order valence-electron chi connectivity index (χ0n) is 9.45. The Hall–Kier alpha value is -1.02. The van der Waals surface area contributed by atoms with E-state index in [-0.39, 0.29) is 6.04 Å². The topological polar surface area (TPSA) is 30.9 Å². The second kappa shape index (κ2) is 4.23. The van der Waals surface area contributed by atoms with Crippen LogP contribution in [0.2, 0.25) is 0 Å². The molecule has 2 nitrogen and oxygen atoms in total. The van der Waals surface area contributed by atoms with E-state index < -0.39 is 0 Å². The highest BCUT2D eigenvalue weighted by Gasteiger charge is 2.21. The number of hydrogen-bond donors (Lipinski definition) is 1. The van der Waals surface area contributed by atoms with Crippen LogP contribution in [-0.4, -0.2) is 4.57 Å². The van der Waals surface area contributed by atoms with Crippen LogP contribution in [0, 0.1) is 0 Å². The first-order chi connectivity index (χ1) is 7.24. The van der Waals surface area contributed by atoms with E-state index >= 15 is 0 Å². The summed E-state index contributed by atoms with van der Waals surface area (Å²) in [6, 6.07) is 2.96. The van der Waals surface area contributed by atoms with Gasteiger partial charge in [0.05, 0.1) is 0 Å². The molecule has 2 atom stereocenters. The number of allylic oxidation sites excluding steroid dienone is 1. The van der Waals surface area contributed by atoms with Gasteiger partial charge in [-0.25, -0.2) is 0 Å². The standard InChI is InChI=1S/C13H20N2/c1-3-5-10(2)15-9-8-11-12(14)6-4-7-13(11)15/h3,8-10,12H,1,4-7,14H2,2H3. The fourth-order valence-corrected chi connectivity index (χ4v) is 2.52. The van der Waals surface area contributed by atoms with Crippen molar-refractivity contribution in [3.05, 3.63) is 36.2 Å². The zero-order chi connectivity index (χ0) is 10.8. The average Bonchev–Trinajstić information content (AvgIpc) is 2.63. The number of rotatable bonds is 3. The van der Waals surface area contributed by atoms with Crippen LogP contribution in [-0.2, 0) is 6.42 Å². The van der Waals surface area contributed by atoms with Gasteiger partial charge in [-0.2, -0.15) is 0 Å². The van der Waals surface area contributed by atoms with E-state index in [1.54, 1.807) is 0 Å². The summed E-state index contributed by atoms with van der Waals surface area (Å²) in [5.41, 5.74) is 8.91. The highest BCUT2D eigenvalue weighted by atomic mass is 15.0. The molecular weight excluding hydrogens is 184 g/mol. The molecule has 0 saturated carbocycles. The Kier molecular flexibility index (Phi) is 2.96. The molecule has 15 heavy (non-hydrogen) atoms. The van der Waals surface area contributed by atoms with E-state index in [0.29, 0.717) is 6.04 Å². The lowest BCUT2D eigenvalue weighted by Gasteiger charge is -2.23. The summed E-state index contributed by atoms with van der Waals surface area (Å²) in [6.45, 7) is 6.04. The molecule has 2 heteroatoms. The molecule has 0 amide bonds. The maximum absolute atomic E-state index is 6.10. The molecule has 0 spiro atoms. The predicted molar refractivity (Wildman–Crippen MR) is 63.8 cm³/mol. The third kappa shape index (κ3) is 1.86. The van der Waals surface area contributed by atoms with Crippen LogP contribution < -0.4 is 5.73 Å². The number of nitrogens with zero attached hydrogens (tertiary/aromatic N) is 1. The fourth-order valence-electron chi connectivity index (χ4n) is 2.52. The van der Waals surface area contributed by atoms with Crippen LogP contribution in [0.3, 0.4) is 0 Å². The van der Waals surface area contributed by atoms with Crippen molar-refractivity contribution in [2.75, 3.05) is 0 Å². The number of fused-ring (bicyclic) bond motifs is 1. The maximum atomic E-state index is 6.10. The molecule has 0 radical (unpaired) electrons. The molecule has 0 fully saturated rings. The molecule has 0 aliphatic heterocycles. The quantitative estimate of drug-likeness (QED) is 0.754. The van der Waals surface area contributed by atoms with Gasteiger partial charge in [0.1, 0.15) is 0 Å². The highest BCUT2D eigenvalue weighted by molar-refractivity contribution is 5.28. The molecule has 0 saturated heterocycles. The third-order valence-electron chi connectivity index (χ3n) is 3.37. The second-order valence-corrected chi connectivity index (χ2v) is 4.50. The Bertz CT molecular complexity index is 351. The first kappa shape index (κ1) is 10.5. The summed E-state index contributed by atoms with van der Waals surface area (Å²) in [5.74, 6) is 0. The largest absolute Gasteiger partial charge is 0.348 e. The molecule has 0 aromatic carbocycles. The molecule has 82 valence electrons. The van der Waals surface area contributed by atoms with Crippen LogP contribution in [0.25, 0.3) is 0 Å². The number of hydrogen-bond acceptors (Lipinski definition) is 1. The molecule has 1 heterocycles. The SMILES string of the molecule is C=CCC(C)n1ccc2c1CCCC2N. The van der Waals surface area contributed by atoms with E-state index in [0.717, 1.165) is 12.8 Å². The van der Waals surface area contributed by atoms with Gasteiger partial charge in [-0.15, -0.1) is 6.58 Å². The first-order valence-corrected chi connectivity index (χ1v) is 5.80. The van der Waals surface area contributed by atoms with E-state index in [1.807, 2.05) is 6.08 Å². The minimum Gasteiger partial charge on any atom is -0.348 e. The first-order valence-electron chi connectivity index (χ1n) is 5.80. The normalized spacial score (nSPS) is 22.1. The lowest BCUT2D eigenvalue weighted by molar-refractivity contribution is 0.495. The van der Waals surface area contributed by atoms with Crippen molar-refractivity contribution in [2.45, 2.75) is 44.7 Å². The van der Waals surface area contributed by atoms with Crippen LogP contribution in [0.1, 0.15) is 49.5 Å². The summed E-state index contributed by atoms with van der Waals surface area (Å²) in [5, 5.41) is 0. The smallest absolute Gasteiger partial charge is 0.0339 e. The number of nitrogens with two attached hydrogens (primary N) is 1. The average molecular weight is 204 g/mol. The Labute approximate surface area is 91.8 Å². The molecule has 1 aromatic heterocycles. The molecule has 2 N–H and O–H groups in total. The van der Waals surface area contributed by atoms with Crippen molar-refractivity contribution in [3.63, 3.8) is 0 Å². The van der Waals surface area contributed by atoms with E-state index in [9.17, 15) is 0 Å². The molecule has 1 aliphatic rings. The van der Waals surface area contributed by atoms with Gasteiger partial charge in [0.2, 0.25) is 0 Å². The summed E-state index contributed by atoms with van der Waals surface area (Å²) in [4.78, 5) is 0. The number of aromatic nitrogens is 1. The Morgan fingerprint density at radius 3 is 3.27 bits per heavy atom. The summed E-state index contributed by atoms with van der Waals surface area (Å²) >= 11 is 0. The highest BCUT2D eigenvalue weighted by Crippen LogP contribution is 2.31. The van der Waals surface area contributed by atoms with Crippen molar-refractivity contribution in [1.29, 1.82) is 0 Å². The van der Waals surface area contributed by atoms with Crippen molar-refractivity contribution in [1.82, 2.24) is 4.57 Å². The maximum Gasteiger partial charge on any atom is 0.0339 e. The van der Waals surface area contributed by atoms with Gasteiger partial charge in [0, 0.05) is 24.0 Å². The summed E-state index contributed by atoms with van der Waals surface area (Å²) < 4.78 is 2.37. The van der Waals surface area contributed by atoms with Crippen molar-refractivity contribution in [3.8, 4) is 0 Å². The zero-order valence-corrected chi connectivity index (χ0v) is 9.45. The molecule has 1 aliphatic carbocycles. The molecule has 0 bridgehead atoms. The van der Waals surface area contributed by atoms with Gasteiger partial charge in [0.25, 0.3) is 0 Å². The van der Waals surface area contributed by atoms with Crippen LogP contribution in [0.5, 0.6) is 0 Å². The summed E-state index contributed by atoms with van der Waals surface area (Å²) in [6.07, 6.45) is 8.73. The third-order valence-corrected chi connectivity index (χ3v) is 3.37. The Morgan fingerprint density at radius 1 is 1.73 bits per heavy atom.